The molecule has 2 heterocycles. The topological polar surface area (TPSA) is 86.7 Å². The smallest absolute Gasteiger partial charge is 0.265 e. The van der Waals surface area contributed by atoms with E-state index in [1.54, 1.807) is 0 Å². The van der Waals surface area contributed by atoms with Gasteiger partial charge in [-0.25, -0.2) is 8.42 Å². The number of anilines is 1. The number of alkyl halides is 2. The van der Waals surface area contributed by atoms with Gasteiger partial charge in [-0.2, -0.15) is 4.31 Å². The maximum absolute atomic E-state index is 12.5. The van der Waals surface area contributed by atoms with Crippen molar-refractivity contribution in [1.29, 1.82) is 0 Å². The number of hydrogen-bond acceptors (Lipinski definition) is 4. The Morgan fingerprint density at radius 3 is 2.71 bits per heavy atom. The maximum atomic E-state index is 12.5. The molecule has 6 nitrogen and oxygen atoms in total. The molecule has 0 aliphatic carbocycles. The van der Waals surface area contributed by atoms with E-state index in [1.165, 1.54) is 22.5 Å². The van der Waals surface area contributed by atoms with Crippen LogP contribution in [0.25, 0.3) is 0 Å². The molecule has 114 valence electrons. The van der Waals surface area contributed by atoms with Gasteiger partial charge in [0.05, 0.1) is 11.0 Å². The monoisotopic (exact) mass is 350 g/mol. The normalized spacial score (nSPS) is 24.9. The number of halogens is 2. The molecule has 9 heteroatoms. The lowest BCUT2D eigenvalue weighted by Gasteiger charge is -2.17. The average Bonchev–Trinajstić information content (AvgIpc) is 2.94. The van der Waals surface area contributed by atoms with Crippen molar-refractivity contribution in [3.8, 4) is 0 Å². The molecule has 1 aromatic carbocycles. The fourth-order valence-electron chi connectivity index (χ4n) is 2.45. The molecule has 3 rings (SSSR count). The van der Waals surface area contributed by atoms with Crippen LogP contribution in [0.2, 0.25) is 0 Å². The van der Waals surface area contributed by atoms with Crippen molar-refractivity contribution in [2.24, 2.45) is 0 Å². The van der Waals surface area contributed by atoms with E-state index in [0.29, 0.717) is 12.1 Å². The van der Waals surface area contributed by atoms with Gasteiger partial charge in [0.2, 0.25) is 14.4 Å². The SMILES string of the molecule is O=C1Nc2ccc(S(=O)(=O)N3CCC(O)C3)cc2C1(Cl)Cl. The second kappa shape index (κ2) is 4.82. The summed E-state index contributed by atoms with van der Waals surface area (Å²) < 4.78 is 24.4. The van der Waals surface area contributed by atoms with Crippen LogP contribution in [0.4, 0.5) is 5.69 Å². The lowest BCUT2D eigenvalue weighted by molar-refractivity contribution is -0.116. The molecule has 2 aliphatic heterocycles. The van der Waals surface area contributed by atoms with Gasteiger partial charge in [0, 0.05) is 24.3 Å². The molecule has 0 saturated carbocycles. The highest BCUT2D eigenvalue weighted by molar-refractivity contribution is 7.89. The number of β-amino-alcohol motifs (C(OH)–C–C–N with tert-alkyl or cyclic N) is 1. The van der Waals surface area contributed by atoms with Crippen molar-refractivity contribution < 1.29 is 18.3 Å². The molecule has 2 aliphatic rings. The number of rotatable bonds is 2. The van der Waals surface area contributed by atoms with E-state index in [4.69, 9.17) is 23.2 Å². The lowest BCUT2D eigenvalue weighted by atomic mass is 10.1. The quantitative estimate of drug-likeness (QED) is 0.779. The number of aliphatic hydroxyl groups is 1. The largest absolute Gasteiger partial charge is 0.392 e. The van der Waals surface area contributed by atoms with Gasteiger partial charge in [0.15, 0.2) is 0 Å². The summed E-state index contributed by atoms with van der Waals surface area (Å²) in [5.41, 5.74) is 0.613. The Kier molecular flexibility index (Phi) is 3.46. The summed E-state index contributed by atoms with van der Waals surface area (Å²) in [6.45, 7) is 0.314. The third-order valence-electron chi connectivity index (χ3n) is 3.63. The Bertz CT molecular complexity index is 720. The number of carbonyl (C=O) groups excluding carboxylic acids is 1. The van der Waals surface area contributed by atoms with Crippen molar-refractivity contribution in [3.63, 3.8) is 0 Å². The van der Waals surface area contributed by atoms with Crippen LogP contribution in [-0.2, 0) is 19.2 Å². The van der Waals surface area contributed by atoms with Gasteiger partial charge in [-0.1, -0.05) is 23.2 Å². The highest BCUT2D eigenvalue weighted by Crippen LogP contribution is 2.45. The minimum atomic E-state index is -3.74. The van der Waals surface area contributed by atoms with Crippen LogP contribution in [0.3, 0.4) is 0 Å². The van der Waals surface area contributed by atoms with E-state index in [2.05, 4.69) is 5.32 Å². The summed E-state index contributed by atoms with van der Waals surface area (Å²) in [6.07, 6.45) is -0.253. The van der Waals surface area contributed by atoms with E-state index < -0.39 is 26.4 Å². The number of nitrogens with zero attached hydrogens (tertiary/aromatic N) is 1. The van der Waals surface area contributed by atoms with Crippen molar-refractivity contribution in [2.45, 2.75) is 21.8 Å². The van der Waals surface area contributed by atoms with Crippen LogP contribution in [0.15, 0.2) is 23.1 Å². The lowest BCUT2D eigenvalue weighted by Crippen LogP contribution is -2.30. The standard InChI is InChI=1S/C12H12Cl2N2O4S/c13-12(14)9-5-8(1-2-10(9)15-11(12)18)21(19,20)16-4-3-7(17)6-16/h1-2,5,7,17H,3-4,6H2,(H,15,18). The van der Waals surface area contributed by atoms with Gasteiger partial charge in [0.1, 0.15) is 0 Å². The Morgan fingerprint density at radius 2 is 2.10 bits per heavy atom. The van der Waals surface area contributed by atoms with Crippen molar-refractivity contribution >= 4 is 44.8 Å². The molecular formula is C12H12Cl2N2O4S. The van der Waals surface area contributed by atoms with Crippen molar-refractivity contribution in [2.75, 3.05) is 18.4 Å². The summed E-state index contributed by atoms with van der Waals surface area (Å²) >= 11 is 11.9. The summed E-state index contributed by atoms with van der Waals surface area (Å²) in [6, 6.07) is 4.14. The molecule has 0 spiro atoms. The first-order valence-electron chi connectivity index (χ1n) is 6.25. The number of benzene rings is 1. The average molecular weight is 351 g/mol. The van der Waals surface area contributed by atoms with E-state index in [-0.39, 0.29) is 23.5 Å². The molecule has 1 atom stereocenters. The number of amides is 1. The summed E-state index contributed by atoms with van der Waals surface area (Å²) in [4.78, 5) is 11.6. The Balaban J connectivity index is 2.02. The van der Waals surface area contributed by atoms with Crippen molar-refractivity contribution in [3.05, 3.63) is 23.8 Å². The number of hydrogen-bond donors (Lipinski definition) is 2. The maximum Gasteiger partial charge on any atom is 0.265 e. The molecule has 0 aromatic heterocycles. The number of carbonyl (C=O) groups is 1. The van der Waals surface area contributed by atoms with Crippen LogP contribution in [0, 0.1) is 0 Å². The van der Waals surface area contributed by atoms with Crippen LogP contribution in [-0.4, -0.2) is 42.9 Å². The Hall–Kier alpha value is -0.860. The van der Waals surface area contributed by atoms with E-state index in [9.17, 15) is 18.3 Å². The van der Waals surface area contributed by atoms with Crippen LogP contribution in [0.1, 0.15) is 12.0 Å². The Morgan fingerprint density at radius 1 is 1.38 bits per heavy atom. The Labute approximate surface area is 131 Å². The van der Waals surface area contributed by atoms with Gasteiger partial charge >= 0.3 is 0 Å². The van der Waals surface area contributed by atoms with Crippen molar-refractivity contribution in [1.82, 2.24) is 4.31 Å². The first-order chi connectivity index (χ1) is 9.73. The zero-order valence-corrected chi connectivity index (χ0v) is 13.0. The van der Waals surface area contributed by atoms with Gasteiger partial charge in [-0.05, 0) is 24.6 Å². The summed E-state index contributed by atoms with van der Waals surface area (Å²) in [5, 5.41) is 12.0. The molecule has 1 aromatic rings. The van der Waals surface area contributed by atoms with Gasteiger partial charge in [-0.15, -0.1) is 0 Å². The molecule has 21 heavy (non-hydrogen) atoms. The minimum absolute atomic E-state index is 0.00229. The summed E-state index contributed by atoms with van der Waals surface area (Å²) in [7, 11) is -3.74. The zero-order chi connectivity index (χ0) is 15.4. The predicted octanol–water partition coefficient (Wildman–Crippen LogP) is 1.02. The predicted molar refractivity (Wildman–Crippen MR) is 77.8 cm³/mol. The van der Waals surface area contributed by atoms with E-state index >= 15 is 0 Å². The molecule has 1 saturated heterocycles. The number of aliphatic hydroxyl groups excluding tert-OH is 1. The fourth-order valence-corrected chi connectivity index (χ4v) is 4.38. The molecule has 2 N–H and O–H groups in total. The molecule has 0 radical (unpaired) electrons. The zero-order valence-electron chi connectivity index (χ0n) is 10.7. The third-order valence-corrected chi connectivity index (χ3v) is 6.24. The molecular weight excluding hydrogens is 339 g/mol. The highest BCUT2D eigenvalue weighted by atomic mass is 35.5. The van der Waals surface area contributed by atoms with Gasteiger partial charge in [-0.3, -0.25) is 4.79 Å². The number of nitrogens with one attached hydrogen (secondary N) is 1. The molecule has 1 unspecified atom stereocenters. The first kappa shape index (κ1) is 15.1. The second-order valence-corrected chi connectivity index (χ2v) is 8.31. The van der Waals surface area contributed by atoms with Crippen LogP contribution < -0.4 is 5.32 Å². The third kappa shape index (κ3) is 2.33. The van der Waals surface area contributed by atoms with Crippen LogP contribution in [0.5, 0.6) is 0 Å². The summed E-state index contributed by atoms with van der Waals surface area (Å²) in [5.74, 6) is -0.605. The number of fused-ring (bicyclic) bond motifs is 1. The first-order valence-corrected chi connectivity index (χ1v) is 8.44. The van der Waals surface area contributed by atoms with E-state index in [1.807, 2.05) is 0 Å². The molecule has 1 amide bonds. The van der Waals surface area contributed by atoms with Gasteiger partial charge in [0.25, 0.3) is 5.91 Å². The minimum Gasteiger partial charge on any atom is -0.392 e. The fraction of sp³-hybridized carbons (Fsp3) is 0.417. The second-order valence-electron chi connectivity index (χ2n) is 5.04. The molecule has 0 bridgehead atoms. The molecule has 1 fully saturated rings. The van der Waals surface area contributed by atoms with E-state index in [0.717, 1.165) is 0 Å². The van der Waals surface area contributed by atoms with Gasteiger partial charge < -0.3 is 10.4 Å². The van der Waals surface area contributed by atoms with Crippen LogP contribution >= 0.6 is 23.2 Å². The highest BCUT2D eigenvalue weighted by Gasteiger charge is 2.44. The number of sulfonamides is 1.